The van der Waals surface area contributed by atoms with Crippen molar-refractivity contribution in [1.29, 1.82) is 0 Å². The molecule has 1 aliphatic heterocycles. The van der Waals surface area contributed by atoms with Crippen molar-refractivity contribution in [2.45, 2.75) is 51.6 Å². The van der Waals surface area contributed by atoms with Gasteiger partial charge in [0.25, 0.3) is 0 Å². The highest BCUT2D eigenvalue weighted by atomic mass is 32.2. The first-order valence-electron chi connectivity index (χ1n) is 6.54. The molecular weight excluding hydrogens is 236 g/mol. The van der Waals surface area contributed by atoms with Crippen LogP contribution in [0.25, 0.3) is 0 Å². The van der Waals surface area contributed by atoms with Crippen molar-refractivity contribution in [3.8, 4) is 0 Å². The smallest absolute Gasteiger partial charge is 0.152 e. The molecular formula is C12H26N2O2S. The van der Waals surface area contributed by atoms with E-state index in [4.69, 9.17) is 5.73 Å². The van der Waals surface area contributed by atoms with Crippen molar-refractivity contribution in [3.05, 3.63) is 0 Å². The zero-order valence-corrected chi connectivity index (χ0v) is 12.1. The fraction of sp³-hybridized carbons (Fsp3) is 1.00. The molecule has 0 aromatic rings. The lowest BCUT2D eigenvalue weighted by atomic mass is 9.91. The van der Waals surface area contributed by atoms with Crippen LogP contribution in [-0.4, -0.2) is 49.5 Å². The van der Waals surface area contributed by atoms with Gasteiger partial charge in [-0.3, -0.25) is 4.90 Å². The zero-order valence-electron chi connectivity index (χ0n) is 11.3. The van der Waals surface area contributed by atoms with Crippen LogP contribution < -0.4 is 5.73 Å². The first kappa shape index (κ1) is 14.9. The van der Waals surface area contributed by atoms with Gasteiger partial charge in [0.1, 0.15) is 0 Å². The number of nitrogens with zero attached hydrogens (tertiary/aromatic N) is 1. The predicted octanol–water partition coefficient (Wildman–Crippen LogP) is 1.01. The summed E-state index contributed by atoms with van der Waals surface area (Å²) < 4.78 is 23.7. The van der Waals surface area contributed by atoms with E-state index in [1.54, 1.807) is 0 Å². The molecule has 4 nitrogen and oxygen atoms in total. The number of rotatable bonds is 5. The van der Waals surface area contributed by atoms with E-state index in [1.165, 1.54) is 0 Å². The van der Waals surface area contributed by atoms with E-state index in [0.717, 1.165) is 25.8 Å². The summed E-state index contributed by atoms with van der Waals surface area (Å²) >= 11 is 0. The highest BCUT2D eigenvalue weighted by Gasteiger charge is 2.43. The minimum absolute atomic E-state index is 0.231. The van der Waals surface area contributed by atoms with Gasteiger partial charge >= 0.3 is 0 Å². The van der Waals surface area contributed by atoms with E-state index >= 15 is 0 Å². The summed E-state index contributed by atoms with van der Waals surface area (Å²) in [6.45, 7) is 7.72. The zero-order chi connectivity index (χ0) is 13.1. The highest BCUT2D eigenvalue weighted by molar-refractivity contribution is 7.91. The van der Waals surface area contributed by atoms with Crippen molar-refractivity contribution < 1.29 is 8.42 Å². The van der Waals surface area contributed by atoms with Gasteiger partial charge in [-0.25, -0.2) is 8.42 Å². The van der Waals surface area contributed by atoms with E-state index in [9.17, 15) is 8.42 Å². The molecule has 0 spiro atoms. The Kier molecular flexibility index (Phi) is 4.98. The summed E-state index contributed by atoms with van der Waals surface area (Å²) in [5.41, 5.74) is 5.59. The van der Waals surface area contributed by atoms with Gasteiger partial charge in [0, 0.05) is 18.1 Å². The van der Waals surface area contributed by atoms with Crippen LogP contribution in [0.15, 0.2) is 0 Å². The van der Waals surface area contributed by atoms with Crippen LogP contribution >= 0.6 is 0 Å². The van der Waals surface area contributed by atoms with Crippen molar-refractivity contribution in [2.24, 2.45) is 5.73 Å². The molecule has 0 amide bonds. The molecule has 1 rings (SSSR count). The lowest BCUT2D eigenvalue weighted by Gasteiger charge is -2.47. The Hall–Kier alpha value is -0.130. The number of hydrogen-bond acceptors (Lipinski definition) is 4. The maximum atomic E-state index is 11.9. The molecule has 102 valence electrons. The average Bonchev–Trinajstić information content (AvgIpc) is 2.23. The molecule has 0 aromatic heterocycles. The molecule has 1 fully saturated rings. The molecule has 0 aromatic carbocycles. The first-order valence-corrected chi connectivity index (χ1v) is 8.36. The fourth-order valence-corrected chi connectivity index (χ4v) is 4.94. The SMILES string of the molecule is CCCN(C(C)C)C1(CN)CCCS(=O)(=O)C1. The third-order valence-corrected chi connectivity index (χ3v) is 5.55. The number of sulfone groups is 1. The van der Waals surface area contributed by atoms with Gasteiger partial charge in [-0.15, -0.1) is 0 Å². The lowest BCUT2D eigenvalue weighted by Crippen LogP contribution is -2.62. The van der Waals surface area contributed by atoms with Gasteiger partial charge in [0.2, 0.25) is 0 Å². The second-order valence-electron chi connectivity index (χ2n) is 5.41. The Morgan fingerprint density at radius 1 is 1.41 bits per heavy atom. The Bertz CT molecular complexity index is 340. The van der Waals surface area contributed by atoms with Crippen molar-refractivity contribution in [3.63, 3.8) is 0 Å². The molecule has 1 saturated heterocycles. The summed E-state index contributed by atoms with van der Waals surface area (Å²) in [6.07, 6.45) is 2.67. The first-order chi connectivity index (χ1) is 7.87. The van der Waals surface area contributed by atoms with Gasteiger partial charge in [0.05, 0.1) is 11.5 Å². The van der Waals surface area contributed by atoms with Crippen LogP contribution in [0.3, 0.4) is 0 Å². The molecule has 2 N–H and O–H groups in total. The highest BCUT2D eigenvalue weighted by Crippen LogP contribution is 2.30. The van der Waals surface area contributed by atoms with Crippen LogP contribution in [0.1, 0.15) is 40.0 Å². The van der Waals surface area contributed by atoms with Crippen molar-refractivity contribution in [1.82, 2.24) is 4.90 Å². The molecule has 1 unspecified atom stereocenters. The van der Waals surface area contributed by atoms with Crippen LogP contribution in [0.4, 0.5) is 0 Å². The van der Waals surface area contributed by atoms with Gasteiger partial charge in [-0.1, -0.05) is 6.92 Å². The van der Waals surface area contributed by atoms with E-state index in [2.05, 4.69) is 25.7 Å². The topological polar surface area (TPSA) is 63.4 Å². The minimum atomic E-state index is -2.92. The predicted molar refractivity (Wildman–Crippen MR) is 71.8 cm³/mol. The van der Waals surface area contributed by atoms with Crippen LogP contribution in [0, 0.1) is 0 Å². The summed E-state index contributed by atoms with van der Waals surface area (Å²) in [5, 5.41) is 0. The number of hydrogen-bond donors (Lipinski definition) is 1. The maximum absolute atomic E-state index is 11.9. The molecule has 0 radical (unpaired) electrons. The Balaban J connectivity index is 2.99. The summed E-state index contributed by atoms with van der Waals surface area (Å²) in [5.74, 6) is 0.557. The second kappa shape index (κ2) is 5.67. The summed E-state index contributed by atoms with van der Waals surface area (Å²) in [7, 11) is -2.92. The van der Waals surface area contributed by atoms with Gasteiger partial charge in [-0.05, 0) is 39.7 Å². The van der Waals surface area contributed by atoms with Crippen molar-refractivity contribution >= 4 is 9.84 Å². The molecule has 1 atom stereocenters. The Labute approximate surface area is 105 Å². The van der Waals surface area contributed by atoms with E-state index < -0.39 is 9.84 Å². The second-order valence-corrected chi connectivity index (χ2v) is 7.60. The molecule has 1 heterocycles. The third-order valence-electron chi connectivity index (χ3n) is 3.66. The third kappa shape index (κ3) is 3.42. The Morgan fingerprint density at radius 2 is 2.06 bits per heavy atom. The van der Waals surface area contributed by atoms with Crippen LogP contribution in [-0.2, 0) is 9.84 Å². The molecule has 5 heteroatoms. The minimum Gasteiger partial charge on any atom is -0.329 e. The summed E-state index contributed by atoms with van der Waals surface area (Å²) in [4.78, 5) is 2.30. The molecule has 0 bridgehead atoms. The molecule has 17 heavy (non-hydrogen) atoms. The van der Waals surface area contributed by atoms with Gasteiger partial charge in [-0.2, -0.15) is 0 Å². The fourth-order valence-electron chi connectivity index (χ4n) is 2.96. The lowest BCUT2D eigenvalue weighted by molar-refractivity contribution is 0.0674. The van der Waals surface area contributed by atoms with Crippen LogP contribution in [0.5, 0.6) is 0 Å². The average molecular weight is 262 g/mol. The van der Waals surface area contributed by atoms with Gasteiger partial charge < -0.3 is 5.73 Å². The number of nitrogens with two attached hydrogens (primary N) is 1. The van der Waals surface area contributed by atoms with E-state index in [1.807, 2.05) is 0 Å². The molecule has 0 aliphatic carbocycles. The standard InChI is InChI=1S/C12H26N2O2S/c1-4-7-14(11(2)3)12(9-13)6-5-8-17(15,16)10-12/h11H,4-10,13H2,1-3H3. The van der Waals surface area contributed by atoms with Crippen LogP contribution in [0.2, 0.25) is 0 Å². The quantitative estimate of drug-likeness (QED) is 0.803. The van der Waals surface area contributed by atoms with E-state index in [-0.39, 0.29) is 11.3 Å². The normalized spacial score (nSPS) is 28.8. The maximum Gasteiger partial charge on any atom is 0.152 e. The monoisotopic (exact) mass is 262 g/mol. The Morgan fingerprint density at radius 3 is 2.47 bits per heavy atom. The molecule has 0 saturated carbocycles. The van der Waals surface area contributed by atoms with Crippen molar-refractivity contribution in [2.75, 3.05) is 24.6 Å². The molecule has 1 aliphatic rings. The van der Waals surface area contributed by atoms with Gasteiger partial charge in [0.15, 0.2) is 9.84 Å². The van der Waals surface area contributed by atoms with E-state index in [0.29, 0.717) is 18.3 Å². The largest absolute Gasteiger partial charge is 0.329 e. The summed E-state index contributed by atoms with van der Waals surface area (Å²) in [6, 6.07) is 0.340.